The SMILES string of the molecule is CCC(C)(CCC(C)C(=O)OCC[N+](C)(C)CCC(=O)NCCN1C(=O)C=CC1=O)C(=O)OCC[N+](C)(C)CCC(=O)O. The molecule has 0 aliphatic carbocycles. The summed E-state index contributed by atoms with van der Waals surface area (Å²) in [7, 11) is 7.65. The van der Waals surface area contributed by atoms with Gasteiger partial charge in [0.25, 0.3) is 11.8 Å². The van der Waals surface area contributed by atoms with Crippen LogP contribution < -0.4 is 5.32 Å². The Morgan fingerprint density at radius 1 is 0.930 bits per heavy atom. The fraction of sp³-hybridized carbons (Fsp3) is 0.733. The van der Waals surface area contributed by atoms with Crippen LogP contribution in [0, 0.1) is 11.3 Å². The Hall–Kier alpha value is -3.32. The van der Waals surface area contributed by atoms with Crippen LogP contribution in [0.1, 0.15) is 52.9 Å². The summed E-state index contributed by atoms with van der Waals surface area (Å²) in [4.78, 5) is 72.7. The van der Waals surface area contributed by atoms with E-state index in [0.29, 0.717) is 54.4 Å². The van der Waals surface area contributed by atoms with Gasteiger partial charge in [0, 0.05) is 25.2 Å². The number of nitrogens with one attached hydrogen (secondary N) is 1. The first-order valence-electron chi connectivity index (χ1n) is 14.9. The first kappa shape index (κ1) is 37.7. The standard InChI is InChI=1S/C30H50N4O9/c1-8-30(3,29(41)43-22-20-34(6,7)18-13-27(38)39)14-11-23(2)28(40)42-21-19-33(4,5)17-12-24(35)31-15-16-32-25(36)9-10-26(32)37/h9-10,23H,8,11-22H2,1-7H3/p+2. The maximum absolute atomic E-state index is 12.9. The molecule has 43 heavy (non-hydrogen) atoms. The van der Waals surface area contributed by atoms with Crippen LogP contribution in [0.2, 0.25) is 0 Å². The highest BCUT2D eigenvalue weighted by atomic mass is 16.5. The average Bonchev–Trinajstić information content (AvgIpc) is 3.25. The first-order chi connectivity index (χ1) is 19.9. The van der Waals surface area contributed by atoms with E-state index < -0.39 is 17.3 Å². The fourth-order valence-electron chi connectivity index (χ4n) is 4.24. The number of likely N-dealkylation sites (N-methyl/N-ethyl adjacent to an activating group) is 2. The molecule has 244 valence electrons. The molecule has 0 fully saturated rings. The maximum Gasteiger partial charge on any atom is 0.311 e. The smallest absolute Gasteiger partial charge is 0.311 e. The largest absolute Gasteiger partial charge is 0.481 e. The molecule has 13 nitrogen and oxygen atoms in total. The molecule has 2 atom stereocenters. The summed E-state index contributed by atoms with van der Waals surface area (Å²) in [6.45, 7) is 8.15. The zero-order valence-electron chi connectivity index (χ0n) is 27.0. The van der Waals surface area contributed by atoms with Gasteiger partial charge in [0.2, 0.25) is 5.91 Å². The molecule has 1 heterocycles. The first-order valence-corrected chi connectivity index (χ1v) is 14.9. The van der Waals surface area contributed by atoms with Crippen LogP contribution in [0.25, 0.3) is 0 Å². The van der Waals surface area contributed by atoms with Gasteiger partial charge in [0.15, 0.2) is 0 Å². The molecule has 0 saturated heterocycles. The van der Waals surface area contributed by atoms with E-state index in [1.165, 1.54) is 12.2 Å². The highest BCUT2D eigenvalue weighted by molar-refractivity contribution is 6.12. The molecule has 0 spiro atoms. The Morgan fingerprint density at radius 3 is 2.00 bits per heavy atom. The monoisotopic (exact) mass is 612 g/mol. The van der Waals surface area contributed by atoms with Crippen molar-refractivity contribution >= 4 is 35.6 Å². The summed E-state index contributed by atoms with van der Waals surface area (Å²) in [5.74, 6) is -2.90. The van der Waals surface area contributed by atoms with Gasteiger partial charge in [-0.25, -0.2) is 0 Å². The lowest BCUT2D eigenvalue weighted by Crippen LogP contribution is -2.45. The Morgan fingerprint density at radius 2 is 1.47 bits per heavy atom. The topological polar surface area (TPSA) is 156 Å². The lowest BCUT2D eigenvalue weighted by Gasteiger charge is -2.31. The summed E-state index contributed by atoms with van der Waals surface area (Å²) >= 11 is 0. The van der Waals surface area contributed by atoms with Crippen molar-refractivity contribution in [3.63, 3.8) is 0 Å². The molecule has 0 aromatic heterocycles. The lowest BCUT2D eigenvalue weighted by atomic mass is 9.81. The summed E-state index contributed by atoms with van der Waals surface area (Å²) in [5, 5.41) is 11.6. The molecule has 1 rings (SSSR count). The lowest BCUT2D eigenvalue weighted by molar-refractivity contribution is -0.889. The number of carbonyl (C=O) groups is 6. The normalized spacial score (nSPS) is 15.7. The van der Waals surface area contributed by atoms with E-state index in [9.17, 15) is 28.8 Å². The third-order valence-electron chi connectivity index (χ3n) is 8.11. The number of carboxylic acid groups (broad SMARTS) is 1. The number of carboxylic acids is 1. The van der Waals surface area contributed by atoms with Crippen LogP contribution in [-0.4, -0.2) is 135 Å². The molecule has 0 saturated carbocycles. The van der Waals surface area contributed by atoms with Crippen molar-refractivity contribution in [1.29, 1.82) is 0 Å². The summed E-state index contributed by atoms with van der Waals surface area (Å²) in [6, 6.07) is 0. The predicted molar refractivity (Wildman–Crippen MR) is 158 cm³/mol. The molecular formula is C30H52N4O9+2. The number of hydrogen-bond donors (Lipinski definition) is 2. The summed E-state index contributed by atoms with van der Waals surface area (Å²) < 4.78 is 11.9. The van der Waals surface area contributed by atoms with E-state index in [1.807, 2.05) is 42.0 Å². The zero-order valence-corrected chi connectivity index (χ0v) is 27.0. The van der Waals surface area contributed by atoms with Crippen molar-refractivity contribution < 1.29 is 52.3 Å². The van der Waals surface area contributed by atoms with Crippen LogP contribution in [0.4, 0.5) is 0 Å². The van der Waals surface area contributed by atoms with Gasteiger partial charge in [-0.1, -0.05) is 13.8 Å². The quantitative estimate of drug-likeness (QED) is 0.110. The molecule has 2 N–H and O–H groups in total. The molecule has 1 aliphatic rings. The molecular weight excluding hydrogens is 560 g/mol. The van der Waals surface area contributed by atoms with Gasteiger partial charge >= 0.3 is 17.9 Å². The summed E-state index contributed by atoms with van der Waals surface area (Å²) in [5.41, 5.74) is -0.747. The maximum atomic E-state index is 12.9. The predicted octanol–water partition coefficient (Wildman–Crippen LogP) is 0.964. The number of aliphatic carboxylic acids is 1. The van der Waals surface area contributed by atoms with E-state index >= 15 is 0 Å². The van der Waals surface area contributed by atoms with Crippen LogP contribution >= 0.6 is 0 Å². The second-order valence-electron chi connectivity index (χ2n) is 12.8. The minimum atomic E-state index is -0.860. The van der Waals surface area contributed by atoms with Gasteiger partial charge in [-0.15, -0.1) is 0 Å². The van der Waals surface area contributed by atoms with Gasteiger partial charge in [-0.05, 0) is 26.2 Å². The number of rotatable bonds is 21. The molecule has 0 aromatic carbocycles. The third kappa shape index (κ3) is 14.1. The van der Waals surface area contributed by atoms with E-state index in [-0.39, 0.29) is 68.8 Å². The molecule has 0 bridgehead atoms. The number of ether oxygens (including phenoxy) is 2. The second kappa shape index (κ2) is 17.1. The molecule has 3 amide bonds. The van der Waals surface area contributed by atoms with Gasteiger partial charge in [-0.3, -0.25) is 33.7 Å². The van der Waals surface area contributed by atoms with Crippen molar-refractivity contribution in [3.8, 4) is 0 Å². The Kier molecular flexibility index (Phi) is 15.0. The summed E-state index contributed by atoms with van der Waals surface area (Å²) in [6.07, 6.45) is 4.16. The van der Waals surface area contributed by atoms with Crippen molar-refractivity contribution in [1.82, 2.24) is 10.2 Å². The van der Waals surface area contributed by atoms with Gasteiger partial charge in [0.05, 0.1) is 65.5 Å². The number of esters is 2. The zero-order chi connectivity index (χ0) is 32.8. The average molecular weight is 613 g/mol. The van der Waals surface area contributed by atoms with Crippen LogP contribution in [0.15, 0.2) is 12.2 Å². The Bertz CT molecular complexity index is 1020. The highest BCUT2D eigenvalue weighted by Crippen LogP contribution is 2.31. The van der Waals surface area contributed by atoms with Crippen LogP contribution in [0.5, 0.6) is 0 Å². The molecule has 1 aliphatic heterocycles. The van der Waals surface area contributed by atoms with Crippen molar-refractivity contribution in [2.45, 2.75) is 52.9 Å². The molecule has 0 radical (unpaired) electrons. The van der Waals surface area contributed by atoms with Gasteiger partial charge < -0.3 is 28.9 Å². The Balaban J connectivity index is 2.35. The van der Waals surface area contributed by atoms with E-state index in [4.69, 9.17) is 14.6 Å². The highest BCUT2D eigenvalue weighted by Gasteiger charge is 2.34. The Labute approximate surface area is 255 Å². The number of carbonyl (C=O) groups excluding carboxylic acids is 5. The van der Waals surface area contributed by atoms with E-state index in [0.717, 1.165) is 4.90 Å². The molecule has 0 aromatic rings. The fourth-order valence-corrected chi connectivity index (χ4v) is 4.24. The minimum absolute atomic E-state index is 0.0440. The van der Waals surface area contributed by atoms with Crippen molar-refractivity contribution in [2.75, 3.05) is 80.7 Å². The van der Waals surface area contributed by atoms with E-state index in [2.05, 4.69) is 5.32 Å². The van der Waals surface area contributed by atoms with Crippen molar-refractivity contribution in [3.05, 3.63) is 12.2 Å². The van der Waals surface area contributed by atoms with Gasteiger partial charge in [0.1, 0.15) is 26.3 Å². The minimum Gasteiger partial charge on any atom is -0.481 e. The third-order valence-corrected chi connectivity index (χ3v) is 8.11. The van der Waals surface area contributed by atoms with Crippen LogP contribution in [0.3, 0.4) is 0 Å². The molecule has 2 unspecified atom stereocenters. The van der Waals surface area contributed by atoms with Crippen molar-refractivity contribution in [2.24, 2.45) is 11.3 Å². The number of nitrogens with zero attached hydrogens (tertiary/aromatic N) is 3. The van der Waals surface area contributed by atoms with Crippen LogP contribution in [-0.2, 0) is 38.2 Å². The van der Waals surface area contributed by atoms with E-state index in [1.54, 1.807) is 6.92 Å². The number of hydrogen-bond acceptors (Lipinski definition) is 8. The molecule has 13 heteroatoms. The number of amides is 3. The number of imide groups is 1. The number of quaternary nitrogens is 2. The second-order valence-corrected chi connectivity index (χ2v) is 12.8. The van der Waals surface area contributed by atoms with Gasteiger partial charge in [-0.2, -0.15) is 0 Å².